The molecule has 0 atom stereocenters. The molecule has 0 radical (unpaired) electrons. The van der Waals surface area contributed by atoms with Crippen molar-refractivity contribution in [2.75, 3.05) is 0 Å². The van der Waals surface area contributed by atoms with E-state index in [4.69, 9.17) is 5.11 Å². The lowest BCUT2D eigenvalue weighted by atomic mass is 10.0. The zero-order chi connectivity index (χ0) is 15.3. The summed E-state index contributed by atoms with van der Waals surface area (Å²) < 4.78 is 0. The van der Waals surface area contributed by atoms with Crippen molar-refractivity contribution in [3.63, 3.8) is 0 Å². The highest BCUT2D eigenvalue weighted by Crippen LogP contribution is 2.15. The molecule has 0 saturated heterocycles. The molecule has 20 heavy (non-hydrogen) atoms. The van der Waals surface area contributed by atoms with Gasteiger partial charge in [0, 0.05) is 6.08 Å². The maximum Gasteiger partial charge on any atom is 0.328 e. The molecule has 1 aromatic carbocycles. The largest absolute Gasteiger partial charge is 0.480 e. The topological polar surface area (TPSA) is 66.4 Å². The summed E-state index contributed by atoms with van der Waals surface area (Å²) in [7, 11) is 0. The molecule has 0 aliphatic rings. The van der Waals surface area contributed by atoms with Crippen LogP contribution in [-0.4, -0.2) is 22.5 Å². The van der Waals surface area contributed by atoms with Crippen molar-refractivity contribution < 1.29 is 14.7 Å². The average Bonchev–Trinajstić information content (AvgIpc) is 2.36. The first-order chi connectivity index (χ1) is 9.22. The Morgan fingerprint density at radius 3 is 2.20 bits per heavy atom. The van der Waals surface area contributed by atoms with Crippen LogP contribution in [0.25, 0.3) is 6.08 Å². The van der Waals surface area contributed by atoms with Gasteiger partial charge in [0.05, 0.1) is 0 Å². The Morgan fingerprint density at radius 2 is 1.75 bits per heavy atom. The molecule has 0 fully saturated rings. The average molecular weight is 275 g/mol. The monoisotopic (exact) mass is 275 g/mol. The van der Waals surface area contributed by atoms with Crippen LogP contribution in [0, 0.1) is 0 Å². The van der Waals surface area contributed by atoms with Gasteiger partial charge in [0.1, 0.15) is 5.54 Å². The highest BCUT2D eigenvalue weighted by atomic mass is 16.4. The zero-order valence-electron chi connectivity index (χ0n) is 12.3. The fraction of sp³-hybridized carbons (Fsp3) is 0.375. The van der Waals surface area contributed by atoms with E-state index >= 15 is 0 Å². The lowest BCUT2D eigenvalue weighted by molar-refractivity contribution is -0.145. The van der Waals surface area contributed by atoms with Gasteiger partial charge in [-0.3, -0.25) is 4.79 Å². The number of nitrogens with one attached hydrogen (secondary N) is 1. The molecule has 0 saturated carbocycles. The summed E-state index contributed by atoms with van der Waals surface area (Å²) in [4.78, 5) is 22.5. The first-order valence-corrected chi connectivity index (χ1v) is 6.56. The van der Waals surface area contributed by atoms with E-state index in [1.165, 1.54) is 25.5 Å². The SMILES string of the molecule is CC(C)c1ccc(/C=C/C(=O)NC(C)(C)C(=O)O)cc1. The first-order valence-electron chi connectivity index (χ1n) is 6.56. The normalized spacial score (nSPS) is 11.8. The van der Waals surface area contributed by atoms with Crippen molar-refractivity contribution in [2.45, 2.75) is 39.2 Å². The van der Waals surface area contributed by atoms with Crippen LogP contribution in [0.5, 0.6) is 0 Å². The summed E-state index contributed by atoms with van der Waals surface area (Å²) in [5, 5.41) is 11.3. The summed E-state index contributed by atoms with van der Waals surface area (Å²) in [5.74, 6) is -1.03. The summed E-state index contributed by atoms with van der Waals surface area (Å²) in [6, 6.07) is 7.90. The number of amides is 1. The van der Waals surface area contributed by atoms with Crippen LogP contribution in [0.2, 0.25) is 0 Å². The third-order valence-electron chi connectivity index (χ3n) is 3.00. The Morgan fingerprint density at radius 1 is 1.20 bits per heavy atom. The Balaban J connectivity index is 2.68. The molecule has 1 amide bonds. The predicted octanol–water partition coefficient (Wildman–Crippen LogP) is 2.80. The summed E-state index contributed by atoms with van der Waals surface area (Å²) in [6.45, 7) is 7.12. The fourth-order valence-corrected chi connectivity index (χ4v) is 1.57. The smallest absolute Gasteiger partial charge is 0.328 e. The molecule has 0 unspecified atom stereocenters. The van der Waals surface area contributed by atoms with E-state index in [1.807, 2.05) is 24.3 Å². The van der Waals surface area contributed by atoms with Crippen LogP contribution >= 0.6 is 0 Å². The van der Waals surface area contributed by atoms with Crippen molar-refractivity contribution >= 4 is 18.0 Å². The van der Waals surface area contributed by atoms with E-state index in [0.29, 0.717) is 5.92 Å². The van der Waals surface area contributed by atoms with Crippen molar-refractivity contribution in [3.8, 4) is 0 Å². The fourth-order valence-electron chi connectivity index (χ4n) is 1.57. The highest BCUT2D eigenvalue weighted by molar-refractivity contribution is 5.95. The Labute approximate surface area is 119 Å². The maximum absolute atomic E-state index is 11.7. The van der Waals surface area contributed by atoms with Crippen LogP contribution in [0.1, 0.15) is 44.7 Å². The van der Waals surface area contributed by atoms with Gasteiger partial charge in [-0.1, -0.05) is 38.1 Å². The number of carbonyl (C=O) groups excluding carboxylic acids is 1. The van der Waals surface area contributed by atoms with Crippen LogP contribution < -0.4 is 5.32 Å². The lowest BCUT2D eigenvalue weighted by Gasteiger charge is -2.19. The molecule has 1 aromatic rings. The molecule has 4 heteroatoms. The standard InChI is InChI=1S/C16H21NO3/c1-11(2)13-8-5-12(6-9-13)7-10-14(18)17-16(3,4)15(19)20/h5-11H,1-4H3,(H,17,18)(H,19,20)/b10-7+. The quantitative estimate of drug-likeness (QED) is 0.812. The van der Waals surface area contributed by atoms with E-state index in [2.05, 4.69) is 19.2 Å². The lowest BCUT2D eigenvalue weighted by Crippen LogP contribution is -2.49. The second kappa shape index (κ2) is 6.37. The second-order valence-corrected chi connectivity index (χ2v) is 5.57. The van der Waals surface area contributed by atoms with Crippen LogP contribution in [0.4, 0.5) is 0 Å². The minimum atomic E-state index is -1.27. The third kappa shape index (κ3) is 4.53. The van der Waals surface area contributed by atoms with Gasteiger partial charge in [-0.15, -0.1) is 0 Å². The number of aliphatic carboxylic acids is 1. The highest BCUT2D eigenvalue weighted by Gasteiger charge is 2.27. The number of carboxylic acids is 1. The number of carbonyl (C=O) groups is 2. The Bertz CT molecular complexity index is 513. The first kappa shape index (κ1) is 16.0. The minimum absolute atomic E-state index is 0.426. The Kier molecular flexibility index (Phi) is 5.08. The summed E-state index contributed by atoms with van der Waals surface area (Å²) >= 11 is 0. The van der Waals surface area contributed by atoms with E-state index in [9.17, 15) is 9.59 Å². The predicted molar refractivity (Wildman–Crippen MR) is 79.4 cm³/mol. The summed E-state index contributed by atoms with van der Waals surface area (Å²) in [5.41, 5.74) is 0.861. The van der Waals surface area contributed by atoms with Gasteiger partial charge in [0.15, 0.2) is 0 Å². The molecule has 1 rings (SSSR count). The van der Waals surface area contributed by atoms with Crippen LogP contribution in [0.3, 0.4) is 0 Å². The molecule has 4 nitrogen and oxygen atoms in total. The Hall–Kier alpha value is -2.10. The van der Waals surface area contributed by atoms with Crippen LogP contribution in [-0.2, 0) is 9.59 Å². The molecular formula is C16H21NO3. The minimum Gasteiger partial charge on any atom is -0.480 e. The third-order valence-corrected chi connectivity index (χ3v) is 3.00. The number of hydrogen-bond acceptors (Lipinski definition) is 2. The molecule has 2 N–H and O–H groups in total. The van der Waals surface area contributed by atoms with E-state index < -0.39 is 17.4 Å². The van der Waals surface area contributed by atoms with Gasteiger partial charge in [0.2, 0.25) is 5.91 Å². The molecule has 0 aliphatic carbocycles. The molecule has 0 aliphatic heterocycles. The number of benzene rings is 1. The van der Waals surface area contributed by atoms with Crippen molar-refractivity contribution in [1.82, 2.24) is 5.32 Å². The molecule has 0 spiro atoms. The van der Waals surface area contributed by atoms with Gasteiger partial charge in [0.25, 0.3) is 0 Å². The van der Waals surface area contributed by atoms with Gasteiger partial charge < -0.3 is 10.4 Å². The van der Waals surface area contributed by atoms with Crippen molar-refractivity contribution in [1.29, 1.82) is 0 Å². The van der Waals surface area contributed by atoms with E-state index in [-0.39, 0.29) is 0 Å². The molecular weight excluding hydrogens is 254 g/mol. The summed E-state index contributed by atoms with van der Waals surface area (Å²) in [6.07, 6.45) is 3.01. The molecule has 108 valence electrons. The van der Waals surface area contributed by atoms with Crippen molar-refractivity contribution in [2.24, 2.45) is 0 Å². The van der Waals surface area contributed by atoms with Gasteiger partial charge in [-0.25, -0.2) is 4.79 Å². The number of carboxylic acid groups (broad SMARTS) is 1. The van der Waals surface area contributed by atoms with Crippen molar-refractivity contribution in [3.05, 3.63) is 41.5 Å². The van der Waals surface area contributed by atoms with E-state index in [1.54, 1.807) is 6.08 Å². The molecule has 0 bridgehead atoms. The van der Waals surface area contributed by atoms with E-state index in [0.717, 1.165) is 5.56 Å². The zero-order valence-corrected chi connectivity index (χ0v) is 12.3. The van der Waals surface area contributed by atoms with Crippen LogP contribution in [0.15, 0.2) is 30.3 Å². The van der Waals surface area contributed by atoms with Gasteiger partial charge in [-0.05, 0) is 37.0 Å². The van der Waals surface area contributed by atoms with Gasteiger partial charge >= 0.3 is 5.97 Å². The number of rotatable bonds is 5. The molecule has 0 heterocycles. The van der Waals surface area contributed by atoms with Gasteiger partial charge in [-0.2, -0.15) is 0 Å². The maximum atomic E-state index is 11.7. The second-order valence-electron chi connectivity index (χ2n) is 5.57. The molecule has 0 aromatic heterocycles. The number of hydrogen-bond donors (Lipinski definition) is 2.